The molecular weight excluding hydrogens is 246 g/mol. The third-order valence-electron chi connectivity index (χ3n) is 2.94. The highest BCUT2D eigenvalue weighted by Crippen LogP contribution is 2.21. The third-order valence-corrected chi connectivity index (χ3v) is 3.72. The number of nitrogens with zero attached hydrogens (tertiary/aromatic N) is 4. The van der Waals surface area contributed by atoms with E-state index in [-0.39, 0.29) is 0 Å². The normalized spacial score (nSPS) is 11.0. The average Bonchev–Trinajstić information content (AvgIpc) is 2.95. The summed E-state index contributed by atoms with van der Waals surface area (Å²) >= 11 is 1.38. The number of anilines is 1. The van der Waals surface area contributed by atoms with Crippen LogP contribution in [0.25, 0.3) is 11.0 Å². The zero-order valence-electron chi connectivity index (χ0n) is 10.2. The van der Waals surface area contributed by atoms with Gasteiger partial charge in [-0.1, -0.05) is 16.6 Å². The number of aromatic nitrogens is 4. The minimum absolute atomic E-state index is 0.693. The van der Waals surface area contributed by atoms with Gasteiger partial charge in [0.25, 0.3) is 0 Å². The zero-order valence-corrected chi connectivity index (χ0v) is 11.0. The first-order chi connectivity index (χ1) is 8.79. The fraction of sp³-hybridized carbons (Fsp3) is 0.250. The van der Waals surface area contributed by atoms with Crippen molar-refractivity contribution in [3.8, 4) is 0 Å². The SMILES string of the molecule is CNc1snnc1Cn1c(C)nc2ccccc21. The van der Waals surface area contributed by atoms with Gasteiger partial charge in [-0.3, -0.25) is 0 Å². The zero-order chi connectivity index (χ0) is 12.5. The Kier molecular flexibility index (Phi) is 2.71. The number of aryl methyl sites for hydroxylation is 1. The molecule has 0 radical (unpaired) electrons. The van der Waals surface area contributed by atoms with Crippen molar-refractivity contribution in [3.63, 3.8) is 0 Å². The molecule has 0 aliphatic heterocycles. The van der Waals surface area contributed by atoms with E-state index in [0.29, 0.717) is 6.54 Å². The van der Waals surface area contributed by atoms with E-state index in [4.69, 9.17) is 0 Å². The van der Waals surface area contributed by atoms with E-state index in [1.165, 1.54) is 11.5 Å². The van der Waals surface area contributed by atoms with Gasteiger partial charge in [0.1, 0.15) is 16.5 Å². The Morgan fingerprint density at radius 3 is 3.00 bits per heavy atom. The molecule has 3 rings (SSSR count). The number of hydrogen-bond acceptors (Lipinski definition) is 5. The summed E-state index contributed by atoms with van der Waals surface area (Å²) < 4.78 is 6.14. The van der Waals surface area contributed by atoms with Crippen LogP contribution in [0.2, 0.25) is 0 Å². The topological polar surface area (TPSA) is 55.6 Å². The Morgan fingerprint density at radius 2 is 2.17 bits per heavy atom. The van der Waals surface area contributed by atoms with Gasteiger partial charge in [-0.15, -0.1) is 5.10 Å². The molecule has 0 unspecified atom stereocenters. The second kappa shape index (κ2) is 4.38. The lowest BCUT2D eigenvalue weighted by Crippen LogP contribution is -2.04. The summed E-state index contributed by atoms with van der Waals surface area (Å²) in [5.41, 5.74) is 3.10. The van der Waals surface area contributed by atoms with Crippen molar-refractivity contribution < 1.29 is 0 Å². The van der Waals surface area contributed by atoms with Crippen molar-refractivity contribution in [1.82, 2.24) is 19.1 Å². The summed E-state index contributed by atoms with van der Waals surface area (Å²) in [6.07, 6.45) is 0. The highest BCUT2D eigenvalue weighted by molar-refractivity contribution is 7.10. The largest absolute Gasteiger partial charge is 0.377 e. The van der Waals surface area contributed by atoms with Gasteiger partial charge in [-0.05, 0) is 19.1 Å². The first-order valence-corrected chi connectivity index (χ1v) is 6.48. The molecule has 2 heterocycles. The summed E-state index contributed by atoms with van der Waals surface area (Å²) in [4.78, 5) is 4.55. The van der Waals surface area contributed by atoms with Crippen molar-refractivity contribution >= 4 is 27.6 Å². The number of hydrogen-bond donors (Lipinski definition) is 1. The fourth-order valence-corrected chi connectivity index (χ4v) is 2.57. The van der Waals surface area contributed by atoms with E-state index >= 15 is 0 Å². The fourth-order valence-electron chi connectivity index (χ4n) is 2.05. The van der Waals surface area contributed by atoms with Crippen molar-refractivity contribution in [3.05, 3.63) is 35.8 Å². The smallest absolute Gasteiger partial charge is 0.134 e. The molecule has 6 heteroatoms. The molecule has 0 atom stereocenters. The van der Waals surface area contributed by atoms with E-state index in [1.807, 2.05) is 32.2 Å². The van der Waals surface area contributed by atoms with Gasteiger partial charge < -0.3 is 9.88 Å². The highest BCUT2D eigenvalue weighted by Gasteiger charge is 2.11. The van der Waals surface area contributed by atoms with E-state index in [2.05, 4.69) is 30.5 Å². The lowest BCUT2D eigenvalue weighted by molar-refractivity contribution is 0.761. The monoisotopic (exact) mass is 259 g/mol. The molecule has 0 saturated heterocycles. The van der Waals surface area contributed by atoms with Crippen LogP contribution in [-0.4, -0.2) is 26.2 Å². The summed E-state index contributed by atoms with van der Waals surface area (Å²) in [5.74, 6) is 0.992. The summed E-state index contributed by atoms with van der Waals surface area (Å²) in [5, 5.41) is 8.29. The summed E-state index contributed by atoms with van der Waals surface area (Å²) in [6.45, 7) is 2.71. The van der Waals surface area contributed by atoms with Crippen LogP contribution in [0.4, 0.5) is 5.00 Å². The number of imidazole rings is 1. The van der Waals surface area contributed by atoms with Gasteiger partial charge >= 0.3 is 0 Å². The minimum Gasteiger partial charge on any atom is -0.377 e. The molecule has 1 N–H and O–H groups in total. The van der Waals surface area contributed by atoms with Crippen LogP contribution in [0.1, 0.15) is 11.5 Å². The van der Waals surface area contributed by atoms with Gasteiger partial charge in [0.05, 0.1) is 17.6 Å². The van der Waals surface area contributed by atoms with Crippen LogP contribution < -0.4 is 5.32 Å². The van der Waals surface area contributed by atoms with Crippen LogP contribution in [0, 0.1) is 6.92 Å². The summed E-state index contributed by atoms with van der Waals surface area (Å²) in [6, 6.07) is 8.13. The first-order valence-electron chi connectivity index (χ1n) is 5.70. The van der Waals surface area contributed by atoms with Gasteiger partial charge in [0, 0.05) is 18.6 Å². The molecule has 92 valence electrons. The van der Waals surface area contributed by atoms with Gasteiger partial charge in [0.15, 0.2) is 0 Å². The Hall–Kier alpha value is -1.95. The van der Waals surface area contributed by atoms with E-state index in [0.717, 1.165) is 27.6 Å². The number of nitrogens with one attached hydrogen (secondary N) is 1. The van der Waals surface area contributed by atoms with Crippen LogP contribution in [-0.2, 0) is 6.54 Å². The van der Waals surface area contributed by atoms with E-state index in [1.54, 1.807) is 0 Å². The Balaban J connectivity index is 2.07. The molecule has 0 saturated carbocycles. The molecule has 5 nitrogen and oxygen atoms in total. The second-order valence-corrected chi connectivity index (χ2v) is 4.79. The van der Waals surface area contributed by atoms with Crippen molar-refractivity contribution in [2.24, 2.45) is 0 Å². The molecule has 0 spiro atoms. The Labute approximate surface area is 109 Å². The number of para-hydroxylation sites is 2. The van der Waals surface area contributed by atoms with Crippen molar-refractivity contribution in [1.29, 1.82) is 0 Å². The Bertz CT molecular complexity index is 685. The maximum atomic E-state index is 4.55. The molecule has 18 heavy (non-hydrogen) atoms. The van der Waals surface area contributed by atoms with Crippen molar-refractivity contribution in [2.45, 2.75) is 13.5 Å². The quantitative estimate of drug-likeness (QED) is 0.784. The molecule has 1 aromatic carbocycles. The molecule has 3 aromatic rings. The van der Waals surface area contributed by atoms with E-state index in [9.17, 15) is 0 Å². The summed E-state index contributed by atoms with van der Waals surface area (Å²) in [7, 11) is 1.89. The molecule has 0 amide bonds. The van der Waals surface area contributed by atoms with E-state index < -0.39 is 0 Å². The lowest BCUT2D eigenvalue weighted by Gasteiger charge is -2.05. The first kappa shape index (κ1) is 11.2. The molecule has 0 bridgehead atoms. The predicted molar refractivity (Wildman–Crippen MR) is 73.0 cm³/mol. The molecule has 0 fully saturated rings. The third kappa shape index (κ3) is 1.74. The second-order valence-electron chi connectivity index (χ2n) is 4.03. The standard InChI is InChI=1S/C12H13N5S/c1-8-14-9-5-3-4-6-11(9)17(8)7-10-12(13-2)18-16-15-10/h3-6,13H,7H2,1-2H3. The van der Waals surface area contributed by atoms with Crippen molar-refractivity contribution in [2.75, 3.05) is 12.4 Å². The molecule has 2 aromatic heterocycles. The van der Waals surface area contributed by atoms with Crippen LogP contribution in [0.5, 0.6) is 0 Å². The van der Waals surface area contributed by atoms with Gasteiger partial charge in [-0.25, -0.2) is 4.98 Å². The number of rotatable bonds is 3. The van der Waals surface area contributed by atoms with Gasteiger partial charge in [0.2, 0.25) is 0 Å². The number of benzene rings is 1. The van der Waals surface area contributed by atoms with Crippen LogP contribution >= 0.6 is 11.5 Å². The maximum absolute atomic E-state index is 4.55. The van der Waals surface area contributed by atoms with Crippen LogP contribution in [0.15, 0.2) is 24.3 Å². The molecule has 0 aliphatic carbocycles. The molecule has 0 aliphatic rings. The average molecular weight is 259 g/mol. The van der Waals surface area contributed by atoms with Crippen LogP contribution in [0.3, 0.4) is 0 Å². The minimum atomic E-state index is 0.693. The highest BCUT2D eigenvalue weighted by atomic mass is 32.1. The number of fused-ring (bicyclic) bond motifs is 1. The predicted octanol–water partition coefficient (Wildman–Crippen LogP) is 2.29. The lowest BCUT2D eigenvalue weighted by atomic mass is 10.3. The maximum Gasteiger partial charge on any atom is 0.134 e. The Morgan fingerprint density at radius 1 is 1.33 bits per heavy atom. The van der Waals surface area contributed by atoms with Gasteiger partial charge in [-0.2, -0.15) is 0 Å². The molecular formula is C12H13N5S.